The molecule has 0 aliphatic carbocycles. The minimum atomic E-state index is -0.776. The van der Waals surface area contributed by atoms with Crippen LogP contribution in [0.25, 0.3) is 0 Å². The quantitative estimate of drug-likeness (QED) is 0.464. The molecule has 0 radical (unpaired) electrons. The van der Waals surface area contributed by atoms with Crippen molar-refractivity contribution < 1.29 is 14.5 Å². The number of carbonyl (C=O) groups is 1. The molecule has 0 fully saturated rings. The number of carbonyl (C=O) groups excluding carboxylic acids is 1. The number of nitro benzene ring substituents is 1. The molecule has 0 saturated carbocycles. The smallest absolute Gasteiger partial charge is 0.280 e. The van der Waals surface area contributed by atoms with Gasteiger partial charge < -0.3 is 4.74 Å². The molecule has 0 heterocycles. The van der Waals surface area contributed by atoms with Crippen LogP contribution in [0.2, 0.25) is 0 Å². The molecule has 7 nitrogen and oxygen atoms in total. The lowest BCUT2D eigenvalue weighted by atomic mass is 10.2. The summed E-state index contributed by atoms with van der Waals surface area (Å²) in [4.78, 5) is 22.3. The first-order valence-corrected chi connectivity index (χ1v) is 7.75. The molecule has 0 aliphatic heterocycles. The molecule has 1 N–H and O–H groups in total. The molecule has 0 bridgehead atoms. The Balaban J connectivity index is 1.96. The molecule has 0 saturated heterocycles. The van der Waals surface area contributed by atoms with Gasteiger partial charge in [-0.25, -0.2) is 5.43 Å². The first-order chi connectivity index (χ1) is 11.5. The van der Waals surface area contributed by atoms with Crippen LogP contribution in [0.3, 0.4) is 0 Å². The molecule has 124 valence electrons. The van der Waals surface area contributed by atoms with Crippen LogP contribution in [-0.2, 0) is 4.79 Å². The Hall–Kier alpha value is -2.74. The van der Waals surface area contributed by atoms with Crippen molar-refractivity contribution >= 4 is 33.7 Å². The van der Waals surface area contributed by atoms with Crippen molar-refractivity contribution in [2.24, 2.45) is 5.10 Å². The Bertz CT molecular complexity index is 779. The number of hydrogen-bond donors (Lipinski definition) is 1. The predicted molar refractivity (Wildman–Crippen MR) is 93.1 cm³/mol. The van der Waals surface area contributed by atoms with Crippen LogP contribution in [0.4, 0.5) is 5.69 Å². The van der Waals surface area contributed by atoms with Crippen LogP contribution in [0.15, 0.2) is 58.1 Å². The van der Waals surface area contributed by atoms with E-state index < -0.39 is 16.9 Å². The van der Waals surface area contributed by atoms with Gasteiger partial charge in [0.15, 0.2) is 6.10 Å². The lowest BCUT2D eigenvalue weighted by Crippen LogP contribution is -2.33. The fraction of sp³-hybridized carbons (Fsp3) is 0.125. The number of amides is 1. The first kappa shape index (κ1) is 17.6. The molecule has 1 amide bonds. The largest absolute Gasteiger partial charge is 0.481 e. The lowest BCUT2D eigenvalue weighted by molar-refractivity contribution is -0.385. The third kappa shape index (κ3) is 4.88. The summed E-state index contributed by atoms with van der Waals surface area (Å²) in [5.74, 6) is 0.0690. The van der Waals surface area contributed by atoms with E-state index in [0.29, 0.717) is 11.3 Å². The average Bonchev–Trinajstić information content (AvgIpc) is 2.55. The molecule has 24 heavy (non-hydrogen) atoms. The molecule has 0 spiro atoms. The molecule has 8 heteroatoms. The van der Waals surface area contributed by atoms with Gasteiger partial charge in [0.1, 0.15) is 5.75 Å². The molecule has 0 aromatic heterocycles. The van der Waals surface area contributed by atoms with Gasteiger partial charge in [-0.3, -0.25) is 14.9 Å². The van der Waals surface area contributed by atoms with Crippen LogP contribution in [0.1, 0.15) is 12.5 Å². The highest BCUT2D eigenvalue weighted by molar-refractivity contribution is 9.10. The number of hydrazone groups is 1. The Morgan fingerprint density at radius 1 is 1.33 bits per heavy atom. The van der Waals surface area contributed by atoms with E-state index in [1.807, 2.05) is 6.07 Å². The van der Waals surface area contributed by atoms with E-state index in [0.717, 1.165) is 4.47 Å². The number of rotatable bonds is 6. The molecular weight excluding hydrogens is 378 g/mol. The van der Waals surface area contributed by atoms with Crippen molar-refractivity contribution in [3.05, 3.63) is 68.7 Å². The Morgan fingerprint density at radius 3 is 2.79 bits per heavy atom. The zero-order valence-electron chi connectivity index (χ0n) is 12.7. The number of ether oxygens (including phenoxy) is 1. The Kier molecular flexibility index (Phi) is 6.02. The number of nitrogens with one attached hydrogen (secondary N) is 1. The summed E-state index contributed by atoms with van der Waals surface area (Å²) < 4.78 is 6.33. The molecule has 0 aliphatic rings. The van der Waals surface area contributed by atoms with Crippen molar-refractivity contribution in [3.8, 4) is 5.75 Å². The van der Waals surface area contributed by atoms with Gasteiger partial charge in [0, 0.05) is 10.5 Å². The highest BCUT2D eigenvalue weighted by atomic mass is 79.9. The SMILES string of the molecule is C[C@@H](Oc1cccc(Br)c1)C(=O)N/N=C\c1ccccc1[N+](=O)[O-]. The van der Waals surface area contributed by atoms with Crippen molar-refractivity contribution in [2.75, 3.05) is 0 Å². The Labute approximate surface area is 146 Å². The molecule has 0 unspecified atom stereocenters. The number of nitrogens with zero attached hydrogens (tertiary/aromatic N) is 2. The number of benzene rings is 2. The fourth-order valence-electron chi connectivity index (χ4n) is 1.82. The van der Waals surface area contributed by atoms with Gasteiger partial charge in [-0.05, 0) is 31.2 Å². The van der Waals surface area contributed by atoms with Crippen molar-refractivity contribution in [3.63, 3.8) is 0 Å². The predicted octanol–water partition coefficient (Wildman–Crippen LogP) is 3.27. The summed E-state index contributed by atoms with van der Waals surface area (Å²) in [6.07, 6.45) is 0.448. The van der Waals surface area contributed by atoms with Gasteiger partial charge >= 0.3 is 0 Å². The molecule has 2 aromatic rings. The van der Waals surface area contributed by atoms with Crippen LogP contribution in [0.5, 0.6) is 5.75 Å². The molecular formula is C16H14BrN3O4. The van der Waals surface area contributed by atoms with Gasteiger partial charge in [-0.15, -0.1) is 0 Å². The number of para-hydroxylation sites is 1. The van der Waals surface area contributed by atoms with E-state index in [1.54, 1.807) is 37.3 Å². The summed E-state index contributed by atoms with van der Waals surface area (Å²) >= 11 is 3.32. The van der Waals surface area contributed by atoms with Gasteiger partial charge in [-0.1, -0.05) is 34.1 Å². The summed E-state index contributed by atoms with van der Waals surface area (Å²) in [7, 11) is 0. The normalized spacial score (nSPS) is 11.9. The van der Waals surface area contributed by atoms with Crippen LogP contribution in [0, 0.1) is 10.1 Å². The van der Waals surface area contributed by atoms with Gasteiger partial charge in [-0.2, -0.15) is 5.10 Å². The van der Waals surface area contributed by atoms with E-state index in [-0.39, 0.29) is 5.69 Å². The van der Waals surface area contributed by atoms with Crippen LogP contribution < -0.4 is 10.2 Å². The van der Waals surface area contributed by atoms with E-state index in [1.165, 1.54) is 18.3 Å². The van der Waals surface area contributed by atoms with E-state index in [4.69, 9.17) is 4.74 Å². The second kappa shape index (κ2) is 8.21. The molecule has 2 aromatic carbocycles. The average molecular weight is 392 g/mol. The van der Waals surface area contributed by atoms with E-state index >= 15 is 0 Å². The van der Waals surface area contributed by atoms with Crippen molar-refractivity contribution in [2.45, 2.75) is 13.0 Å². The first-order valence-electron chi connectivity index (χ1n) is 6.96. The minimum absolute atomic E-state index is 0.0890. The van der Waals surface area contributed by atoms with Crippen LogP contribution >= 0.6 is 15.9 Å². The lowest BCUT2D eigenvalue weighted by Gasteiger charge is -2.12. The van der Waals surface area contributed by atoms with Crippen molar-refractivity contribution in [1.82, 2.24) is 5.43 Å². The zero-order valence-corrected chi connectivity index (χ0v) is 14.3. The number of hydrogen-bond acceptors (Lipinski definition) is 5. The second-order valence-corrected chi connectivity index (χ2v) is 5.68. The third-order valence-electron chi connectivity index (χ3n) is 2.99. The monoisotopic (exact) mass is 391 g/mol. The fourth-order valence-corrected chi connectivity index (χ4v) is 2.20. The summed E-state index contributed by atoms with van der Waals surface area (Å²) in [5.41, 5.74) is 2.51. The summed E-state index contributed by atoms with van der Waals surface area (Å²) in [6.45, 7) is 1.58. The van der Waals surface area contributed by atoms with Gasteiger partial charge in [0.2, 0.25) is 0 Å². The maximum atomic E-state index is 11.9. The van der Waals surface area contributed by atoms with Crippen LogP contribution in [-0.4, -0.2) is 23.1 Å². The third-order valence-corrected chi connectivity index (χ3v) is 3.48. The maximum absolute atomic E-state index is 11.9. The Morgan fingerprint density at radius 2 is 2.08 bits per heavy atom. The topological polar surface area (TPSA) is 93.8 Å². The number of halogens is 1. The maximum Gasteiger partial charge on any atom is 0.280 e. The molecule has 1 atom stereocenters. The van der Waals surface area contributed by atoms with Gasteiger partial charge in [0.25, 0.3) is 11.6 Å². The second-order valence-electron chi connectivity index (χ2n) is 4.77. The highest BCUT2D eigenvalue weighted by Gasteiger charge is 2.14. The van der Waals surface area contributed by atoms with E-state index in [2.05, 4.69) is 26.5 Å². The highest BCUT2D eigenvalue weighted by Crippen LogP contribution is 2.19. The minimum Gasteiger partial charge on any atom is -0.481 e. The van der Waals surface area contributed by atoms with E-state index in [9.17, 15) is 14.9 Å². The zero-order chi connectivity index (χ0) is 17.5. The van der Waals surface area contributed by atoms with Crippen molar-refractivity contribution in [1.29, 1.82) is 0 Å². The summed E-state index contributed by atoms with van der Waals surface area (Å²) in [6, 6.07) is 13.2. The standard InChI is InChI=1S/C16H14BrN3O4/c1-11(24-14-7-4-6-13(17)9-14)16(21)19-18-10-12-5-2-3-8-15(12)20(22)23/h2-11H,1H3,(H,19,21)/b18-10-/t11-/m1/s1. The summed E-state index contributed by atoms with van der Waals surface area (Å²) in [5, 5.41) is 14.6. The number of nitro groups is 1. The molecule has 2 rings (SSSR count). The van der Waals surface area contributed by atoms with Gasteiger partial charge in [0.05, 0.1) is 16.7 Å².